The second kappa shape index (κ2) is 6.44. The predicted molar refractivity (Wildman–Crippen MR) is 94.7 cm³/mol. The van der Waals surface area contributed by atoms with Crippen molar-refractivity contribution in [2.45, 2.75) is 32.4 Å². The zero-order chi connectivity index (χ0) is 15.6. The maximum Gasteiger partial charge on any atom is 0.143 e. The molecule has 0 bridgehead atoms. The van der Waals surface area contributed by atoms with Gasteiger partial charge in [0.2, 0.25) is 0 Å². The zero-order valence-corrected chi connectivity index (χ0v) is 15.1. The van der Waals surface area contributed by atoms with E-state index in [0.717, 1.165) is 23.7 Å². The van der Waals surface area contributed by atoms with Gasteiger partial charge >= 0.3 is 0 Å². The molecular weight excluding hydrogens is 322 g/mol. The van der Waals surface area contributed by atoms with Crippen LogP contribution in [-0.4, -0.2) is 29.2 Å². The van der Waals surface area contributed by atoms with Crippen LogP contribution in [0.2, 0.25) is 30.7 Å². The quantitative estimate of drug-likeness (QED) is 0.495. The Balaban J connectivity index is 2.12. The summed E-state index contributed by atoms with van der Waals surface area (Å²) in [7, 11) is -1.06. The molecule has 0 fully saturated rings. The molecule has 0 aromatic carbocycles. The lowest BCUT2D eigenvalue weighted by atomic mass is 10.2. The lowest BCUT2D eigenvalue weighted by Crippen LogP contribution is -2.22. The van der Waals surface area contributed by atoms with Crippen LogP contribution in [0.15, 0.2) is 18.5 Å². The minimum absolute atomic E-state index is 0.258. The molecule has 0 aliphatic heterocycles. The maximum absolute atomic E-state index is 6.31. The fourth-order valence-electron chi connectivity index (χ4n) is 1.92. The first-order valence-electron chi connectivity index (χ1n) is 6.80. The molecule has 2 heterocycles. The summed E-state index contributed by atoms with van der Waals surface area (Å²) < 4.78 is 7.68. The summed E-state index contributed by atoms with van der Waals surface area (Å²) >= 11 is 11.3. The third kappa shape index (κ3) is 4.03. The number of hydrogen-bond donors (Lipinski definition) is 1. The lowest BCUT2D eigenvalue weighted by molar-refractivity contribution is 0.0899. The Morgan fingerprint density at radius 2 is 2.19 bits per heavy atom. The fourth-order valence-corrected chi connectivity index (χ4v) is 3.19. The largest absolute Gasteiger partial charge is 0.389 e. The Bertz CT molecular complexity index is 666. The third-order valence-corrected chi connectivity index (χ3v) is 5.55. The monoisotopic (exact) mass is 341 g/mol. The van der Waals surface area contributed by atoms with Gasteiger partial charge in [-0.1, -0.05) is 43.5 Å². The van der Waals surface area contributed by atoms with Crippen molar-refractivity contribution in [3.8, 4) is 0 Å². The van der Waals surface area contributed by atoms with E-state index in [1.807, 2.05) is 16.8 Å². The molecule has 2 N–H and O–H groups in total. The molecule has 0 atom stereocenters. The Hall–Kier alpha value is -0.953. The summed E-state index contributed by atoms with van der Waals surface area (Å²) in [6.45, 7) is 8.25. The first kappa shape index (κ1) is 16.4. The lowest BCUT2D eigenvalue weighted by Gasteiger charge is -2.15. The maximum atomic E-state index is 6.31. The van der Waals surface area contributed by atoms with Crippen molar-refractivity contribution in [1.82, 2.24) is 9.55 Å². The van der Waals surface area contributed by atoms with Gasteiger partial charge in [0.15, 0.2) is 0 Å². The molecule has 2 rings (SSSR count). The summed E-state index contributed by atoms with van der Waals surface area (Å²) in [5.74, 6) is 0. The molecule has 0 aliphatic rings. The highest BCUT2D eigenvalue weighted by atomic mass is 35.5. The number of thiocarbonyl (C=S) groups is 1. The fraction of sp³-hybridized carbons (Fsp3) is 0.429. The first-order chi connectivity index (χ1) is 9.79. The summed E-state index contributed by atoms with van der Waals surface area (Å²) in [6, 6.07) is 3.06. The van der Waals surface area contributed by atoms with Crippen molar-refractivity contribution in [3.63, 3.8) is 0 Å². The van der Waals surface area contributed by atoms with Gasteiger partial charge in [0.25, 0.3) is 0 Å². The van der Waals surface area contributed by atoms with E-state index >= 15 is 0 Å². The Kier molecular flexibility index (Phi) is 5.03. The number of hydrogen-bond acceptors (Lipinski definition) is 3. The molecule has 0 saturated carbocycles. The van der Waals surface area contributed by atoms with E-state index < -0.39 is 8.07 Å². The van der Waals surface area contributed by atoms with Crippen molar-refractivity contribution in [3.05, 3.63) is 29.0 Å². The molecule has 21 heavy (non-hydrogen) atoms. The molecule has 0 radical (unpaired) electrons. The van der Waals surface area contributed by atoms with Crippen molar-refractivity contribution in [2.24, 2.45) is 5.73 Å². The number of nitrogens with zero attached hydrogens (tertiary/aromatic N) is 2. The van der Waals surface area contributed by atoms with Crippen LogP contribution in [-0.2, 0) is 11.5 Å². The number of aromatic nitrogens is 2. The van der Waals surface area contributed by atoms with Crippen LogP contribution < -0.4 is 5.73 Å². The van der Waals surface area contributed by atoms with Crippen LogP contribution in [0.25, 0.3) is 11.0 Å². The van der Waals surface area contributed by atoms with E-state index in [0.29, 0.717) is 17.3 Å². The number of halogens is 1. The predicted octanol–water partition coefficient (Wildman–Crippen LogP) is 3.64. The van der Waals surface area contributed by atoms with E-state index in [2.05, 4.69) is 24.6 Å². The third-order valence-electron chi connectivity index (χ3n) is 3.22. The van der Waals surface area contributed by atoms with E-state index in [1.54, 1.807) is 6.20 Å². The van der Waals surface area contributed by atoms with Gasteiger partial charge in [0.1, 0.15) is 17.4 Å². The number of fused-ring (bicyclic) bond motifs is 1. The van der Waals surface area contributed by atoms with Gasteiger partial charge in [0.05, 0.1) is 5.02 Å². The summed E-state index contributed by atoms with van der Waals surface area (Å²) in [4.78, 5) is 4.65. The molecule has 114 valence electrons. The number of rotatable bonds is 6. The zero-order valence-electron chi connectivity index (χ0n) is 12.5. The van der Waals surface area contributed by atoms with Gasteiger partial charge in [0, 0.05) is 38.0 Å². The van der Waals surface area contributed by atoms with Gasteiger partial charge in [-0.25, -0.2) is 4.98 Å². The molecule has 0 aliphatic carbocycles. The highest BCUT2D eigenvalue weighted by Gasteiger charge is 2.14. The molecule has 0 unspecified atom stereocenters. The Morgan fingerprint density at radius 1 is 1.48 bits per heavy atom. The van der Waals surface area contributed by atoms with E-state index in [9.17, 15) is 0 Å². The first-order valence-corrected chi connectivity index (χ1v) is 11.3. The highest BCUT2D eigenvalue weighted by Crippen LogP contribution is 2.26. The second-order valence-corrected chi connectivity index (χ2v) is 12.7. The SMILES string of the molecule is C[Si](C)(C)CCOCn1ccc2c(Cl)c(C(N)=S)cnc21. The van der Waals surface area contributed by atoms with Crippen LogP contribution in [0.5, 0.6) is 0 Å². The van der Waals surface area contributed by atoms with Gasteiger partial charge < -0.3 is 15.0 Å². The van der Waals surface area contributed by atoms with Crippen LogP contribution in [0.4, 0.5) is 0 Å². The summed E-state index contributed by atoms with van der Waals surface area (Å²) in [5.41, 5.74) is 7.02. The minimum Gasteiger partial charge on any atom is -0.389 e. The van der Waals surface area contributed by atoms with E-state index in [-0.39, 0.29) is 4.99 Å². The van der Waals surface area contributed by atoms with Gasteiger partial charge in [-0.05, 0) is 12.1 Å². The molecule has 0 saturated heterocycles. The van der Waals surface area contributed by atoms with Crippen LogP contribution >= 0.6 is 23.8 Å². The van der Waals surface area contributed by atoms with Crippen LogP contribution in [0.3, 0.4) is 0 Å². The van der Waals surface area contributed by atoms with Gasteiger partial charge in [-0.15, -0.1) is 0 Å². The van der Waals surface area contributed by atoms with E-state index in [4.69, 9.17) is 34.3 Å². The molecule has 2 aromatic heterocycles. The normalized spacial score (nSPS) is 12.0. The molecule has 0 amide bonds. The van der Waals surface area contributed by atoms with Crippen molar-refractivity contribution < 1.29 is 4.74 Å². The average Bonchev–Trinajstić information content (AvgIpc) is 2.77. The standard InChI is InChI=1S/C14H20ClN3OSSi/c1-21(2,3)7-6-19-9-18-5-4-10-12(15)11(13(16)20)8-17-14(10)18/h4-5,8H,6-7,9H2,1-3H3,(H2,16,20). The second-order valence-electron chi connectivity index (χ2n) is 6.22. The van der Waals surface area contributed by atoms with E-state index in [1.165, 1.54) is 0 Å². The van der Waals surface area contributed by atoms with Gasteiger partial charge in [-0.3, -0.25) is 0 Å². The van der Waals surface area contributed by atoms with Crippen molar-refractivity contribution in [1.29, 1.82) is 0 Å². The Morgan fingerprint density at radius 3 is 2.81 bits per heavy atom. The molecule has 7 heteroatoms. The number of nitrogens with two attached hydrogens (primary N) is 1. The summed E-state index contributed by atoms with van der Waals surface area (Å²) in [5, 5.41) is 1.39. The molecule has 4 nitrogen and oxygen atoms in total. The van der Waals surface area contributed by atoms with Crippen LogP contribution in [0, 0.1) is 0 Å². The van der Waals surface area contributed by atoms with Crippen molar-refractivity contribution >= 4 is 47.9 Å². The molecular formula is C14H20ClN3OSSi. The Labute approximate surface area is 136 Å². The topological polar surface area (TPSA) is 53.1 Å². The van der Waals surface area contributed by atoms with Crippen LogP contribution in [0.1, 0.15) is 5.56 Å². The number of pyridine rings is 1. The highest BCUT2D eigenvalue weighted by molar-refractivity contribution is 7.80. The molecule has 2 aromatic rings. The van der Waals surface area contributed by atoms with Gasteiger partial charge in [-0.2, -0.15) is 0 Å². The smallest absolute Gasteiger partial charge is 0.143 e. The minimum atomic E-state index is -1.06. The molecule has 0 spiro atoms. The van der Waals surface area contributed by atoms with Crippen molar-refractivity contribution in [2.75, 3.05) is 6.61 Å². The average molecular weight is 342 g/mol. The number of ether oxygens (including phenoxy) is 1. The summed E-state index contributed by atoms with van der Waals surface area (Å²) in [6.07, 6.45) is 3.53.